The highest BCUT2D eigenvalue weighted by Crippen LogP contribution is 2.39. The summed E-state index contributed by atoms with van der Waals surface area (Å²) in [6.07, 6.45) is 0.652. The van der Waals surface area contributed by atoms with E-state index < -0.39 is 6.04 Å². The van der Waals surface area contributed by atoms with Gasteiger partial charge >= 0.3 is 0 Å². The van der Waals surface area contributed by atoms with Crippen LogP contribution < -0.4 is 14.2 Å². The SMILES string of the molecule is COc1cc2c(cc1OC)C(COc1ccc(F)cc1)N(C(=O)c1ccccc1Cl)CC2. The van der Waals surface area contributed by atoms with Crippen LogP contribution in [0.5, 0.6) is 17.2 Å². The van der Waals surface area contributed by atoms with Crippen LogP contribution in [0.3, 0.4) is 0 Å². The number of fused-ring (bicyclic) bond motifs is 1. The molecule has 3 aromatic carbocycles. The van der Waals surface area contributed by atoms with Crippen molar-refractivity contribution in [3.8, 4) is 17.2 Å². The minimum absolute atomic E-state index is 0.177. The fraction of sp³-hybridized carbons (Fsp3) is 0.240. The summed E-state index contributed by atoms with van der Waals surface area (Å²) in [5.41, 5.74) is 2.40. The van der Waals surface area contributed by atoms with Crippen molar-refractivity contribution in [1.82, 2.24) is 4.90 Å². The van der Waals surface area contributed by atoms with E-state index in [-0.39, 0.29) is 18.3 Å². The number of ether oxygens (including phenoxy) is 3. The third-order valence-electron chi connectivity index (χ3n) is 5.59. The summed E-state index contributed by atoms with van der Waals surface area (Å²) in [6.45, 7) is 0.675. The first-order valence-corrected chi connectivity index (χ1v) is 10.6. The van der Waals surface area contributed by atoms with Crippen molar-refractivity contribution in [2.45, 2.75) is 12.5 Å². The molecule has 4 rings (SSSR count). The van der Waals surface area contributed by atoms with Gasteiger partial charge in [0.25, 0.3) is 5.91 Å². The van der Waals surface area contributed by atoms with Gasteiger partial charge in [0.1, 0.15) is 18.2 Å². The number of hydrogen-bond donors (Lipinski definition) is 0. The number of carbonyl (C=O) groups excluding carboxylic acids is 1. The Balaban J connectivity index is 1.71. The van der Waals surface area contributed by atoms with Gasteiger partial charge < -0.3 is 19.1 Å². The smallest absolute Gasteiger partial charge is 0.256 e. The lowest BCUT2D eigenvalue weighted by Gasteiger charge is -2.37. The van der Waals surface area contributed by atoms with Gasteiger partial charge in [-0.25, -0.2) is 4.39 Å². The van der Waals surface area contributed by atoms with Crippen molar-refractivity contribution in [2.75, 3.05) is 27.4 Å². The number of amides is 1. The number of rotatable bonds is 6. The van der Waals surface area contributed by atoms with Gasteiger partial charge in [-0.15, -0.1) is 0 Å². The summed E-state index contributed by atoms with van der Waals surface area (Å²) in [5, 5.41) is 0.397. The number of halogens is 2. The number of hydrogen-bond acceptors (Lipinski definition) is 4. The highest BCUT2D eigenvalue weighted by Gasteiger charge is 2.34. The Morgan fingerprint density at radius 2 is 1.75 bits per heavy atom. The lowest BCUT2D eigenvalue weighted by molar-refractivity contribution is 0.0589. The number of nitrogens with zero attached hydrogens (tertiary/aromatic N) is 1. The minimum Gasteiger partial charge on any atom is -0.493 e. The molecule has 166 valence electrons. The molecule has 1 amide bonds. The maximum Gasteiger partial charge on any atom is 0.256 e. The van der Waals surface area contributed by atoms with Crippen molar-refractivity contribution in [3.63, 3.8) is 0 Å². The van der Waals surface area contributed by atoms with E-state index in [1.54, 1.807) is 55.5 Å². The summed E-state index contributed by atoms with van der Waals surface area (Å²) in [4.78, 5) is 15.2. The Labute approximate surface area is 191 Å². The van der Waals surface area contributed by atoms with E-state index in [1.165, 1.54) is 12.1 Å². The van der Waals surface area contributed by atoms with Gasteiger partial charge in [-0.2, -0.15) is 0 Å². The first-order valence-electron chi connectivity index (χ1n) is 10.2. The van der Waals surface area contributed by atoms with Crippen LogP contribution in [0.25, 0.3) is 0 Å². The molecular weight excluding hydrogens is 433 g/mol. The second-order valence-corrected chi connectivity index (χ2v) is 7.82. The minimum atomic E-state index is -0.396. The molecule has 0 fully saturated rings. The quantitative estimate of drug-likeness (QED) is 0.505. The molecule has 1 atom stereocenters. The summed E-state index contributed by atoms with van der Waals surface area (Å²) in [6, 6.07) is 16.2. The predicted molar refractivity (Wildman–Crippen MR) is 120 cm³/mol. The third-order valence-corrected chi connectivity index (χ3v) is 5.92. The van der Waals surface area contributed by atoms with Gasteiger partial charge in [0, 0.05) is 6.54 Å². The van der Waals surface area contributed by atoms with E-state index in [4.69, 9.17) is 25.8 Å². The number of carbonyl (C=O) groups is 1. The molecule has 1 unspecified atom stereocenters. The van der Waals surface area contributed by atoms with E-state index in [2.05, 4.69) is 0 Å². The van der Waals surface area contributed by atoms with Gasteiger partial charge in [-0.05, 0) is 66.1 Å². The molecule has 0 saturated carbocycles. The second kappa shape index (κ2) is 9.49. The number of methoxy groups -OCH3 is 2. The Morgan fingerprint density at radius 1 is 1.06 bits per heavy atom. The van der Waals surface area contributed by atoms with Gasteiger partial charge in [0.05, 0.1) is 30.8 Å². The molecule has 7 heteroatoms. The highest BCUT2D eigenvalue weighted by molar-refractivity contribution is 6.33. The van der Waals surface area contributed by atoms with Crippen molar-refractivity contribution in [2.24, 2.45) is 0 Å². The normalized spacial score (nSPS) is 15.1. The molecule has 0 bridgehead atoms. The van der Waals surface area contributed by atoms with Crippen molar-refractivity contribution in [1.29, 1.82) is 0 Å². The molecule has 32 heavy (non-hydrogen) atoms. The van der Waals surface area contributed by atoms with Gasteiger partial charge in [-0.1, -0.05) is 23.7 Å². The summed E-state index contributed by atoms with van der Waals surface area (Å²) >= 11 is 6.31. The predicted octanol–water partition coefficient (Wildman–Crippen LogP) is 5.31. The molecule has 1 aliphatic heterocycles. The van der Waals surface area contributed by atoms with Crippen LogP contribution >= 0.6 is 11.6 Å². The average molecular weight is 456 g/mol. The Kier molecular flexibility index (Phi) is 6.51. The van der Waals surface area contributed by atoms with Crippen molar-refractivity contribution in [3.05, 3.63) is 88.2 Å². The fourth-order valence-corrected chi connectivity index (χ4v) is 4.16. The first-order chi connectivity index (χ1) is 15.5. The van der Waals surface area contributed by atoms with Crippen LogP contribution in [0.2, 0.25) is 5.02 Å². The van der Waals surface area contributed by atoms with Gasteiger partial charge in [-0.3, -0.25) is 4.79 Å². The Bertz CT molecular complexity index is 1120. The topological polar surface area (TPSA) is 48.0 Å². The molecule has 0 aliphatic carbocycles. The van der Waals surface area contributed by atoms with E-state index in [1.807, 2.05) is 12.1 Å². The molecule has 0 saturated heterocycles. The summed E-state index contributed by atoms with van der Waals surface area (Å²) in [7, 11) is 3.17. The van der Waals surface area contributed by atoms with Crippen LogP contribution in [0.1, 0.15) is 27.5 Å². The summed E-state index contributed by atoms with van der Waals surface area (Å²) < 4.78 is 30.2. The van der Waals surface area contributed by atoms with Crippen LogP contribution in [0.4, 0.5) is 4.39 Å². The lowest BCUT2D eigenvalue weighted by atomic mass is 9.91. The van der Waals surface area contributed by atoms with E-state index in [9.17, 15) is 9.18 Å². The molecule has 0 spiro atoms. The van der Waals surface area contributed by atoms with Gasteiger partial charge in [0.15, 0.2) is 11.5 Å². The van der Waals surface area contributed by atoms with Crippen molar-refractivity contribution >= 4 is 17.5 Å². The zero-order chi connectivity index (χ0) is 22.7. The Morgan fingerprint density at radius 3 is 2.44 bits per heavy atom. The third kappa shape index (κ3) is 4.36. The van der Waals surface area contributed by atoms with Crippen LogP contribution in [0, 0.1) is 5.82 Å². The Hall–Kier alpha value is -3.25. The van der Waals surface area contributed by atoms with Crippen LogP contribution in [0.15, 0.2) is 60.7 Å². The van der Waals surface area contributed by atoms with Crippen LogP contribution in [-0.2, 0) is 6.42 Å². The zero-order valence-electron chi connectivity index (χ0n) is 17.8. The molecule has 5 nitrogen and oxygen atoms in total. The molecular formula is C25H23ClFNO4. The molecule has 1 heterocycles. The first kappa shape index (κ1) is 22.0. The summed E-state index contributed by atoms with van der Waals surface area (Å²) in [5.74, 6) is 1.21. The highest BCUT2D eigenvalue weighted by atomic mass is 35.5. The van der Waals surface area contributed by atoms with E-state index in [0.29, 0.717) is 40.8 Å². The molecule has 0 N–H and O–H groups in total. The van der Waals surface area contributed by atoms with Gasteiger partial charge in [0.2, 0.25) is 0 Å². The van der Waals surface area contributed by atoms with E-state index >= 15 is 0 Å². The lowest BCUT2D eigenvalue weighted by Crippen LogP contribution is -2.42. The van der Waals surface area contributed by atoms with E-state index in [0.717, 1.165) is 11.1 Å². The second-order valence-electron chi connectivity index (χ2n) is 7.42. The maximum absolute atomic E-state index is 13.5. The molecule has 1 aliphatic rings. The number of benzene rings is 3. The zero-order valence-corrected chi connectivity index (χ0v) is 18.6. The average Bonchev–Trinajstić information content (AvgIpc) is 2.82. The molecule has 3 aromatic rings. The molecule has 0 aromatic heterocycles. The van der Waals surface area contributed by atoms with Crippen molar-refractivity contribution < 1.29 is 23.4 Å². The largest absolute Gasteiger partial charge is 0.493 e. The monoisotopic (exact) mass is 455 g/mol. The molecule has 0 radical (unpaired) electrons. The van der Waals surface area contributed by atoms with Crippen LogP contribution in [-0.4, -0.2) is 38.2 Å². The maximum atomic E-state index is 13.5. The fourth-order valence-electron chi connectivity index (χ4n) is 3.95. The standard InChI is InChI=1S/C25H23ClFNO4/c1-30-23-13-16-11-12-28(25(29)19-5-3-4-6-21(19)26)22(20(16)14-24(23)31-2)15-32-18-9-7-17(27)8-10-18/h3-10,13-14,22H,11-12,15H2,1-2H3.